The monoisotopic (exact) mass is 506 g/mol. The van der Waals surface area contributed by atoms with Crippen LogP contribution in [0.15, 0.2) is 93.4 Å². The van der Waals surface area contributed by atoms with E-state index in [0.717, 1.165) is 15.1 Å². The average Bonchev–Trinajstić information content (AvgIpc) is 2.79. The topological polar surface area (TPSA) is 91.8 Å². The van der Waals surface area contributed by atoms with Gasteiger partial charge in [-0.05, 0) is 61.2 Å². The fraction of sp³-hybridized carbons (Fsp3) is 0.0435. The Labute approximate surface area is 198 Å². The summed E-state index contributed by atoms with van der Waals surface area (Å²) in [5, 5.41) is 3.67. The lowest BCUT2D eigenvalue weighted by atomic mass is 10.2. The van der Waals surface area contributed by atoms with E-state index in [-0.39, 0.29) is 11.9 Å². The van der Waals surface area contributed by atoms with Gasteiger partial charge in [0, 0.05) is 20.6 Å². The molecule has 0 unspecified atom stereocenters. The SMILES string of the molecule is Cc1ccc(Sc2nc(NNC(=O)c3ccccc3)nc(Nc3cccc(Br)c3)n2)cc1. The lowest BCUT2D eigenvalue weighted by molar-refractivity contribution is 0.0962. The van der Waals surface area contributed by atoms with Crippen LogP contribution in [0.1, 0.15) is 15.9 Å². The molecular weight excluding hydrogens is 488 g/mol. The molecule has 3 N–H and O–H groups in total. The van der Waals surface area contributed by atoms with Crippen molar-refractivity contribution in [1.82, 2.24) is 20.4 Å². The first-order valence-corrected chi connectivity index (χ1v) is 11.3. The quantitative estimate of drug-likeness (QED) is 0.281. The Morgan fingerprint density at radius 1 is 0.875 bits per heavy atom. The summed E-state index contributed by atoms with van der Waals surface area (Å²) in [6.45, 7) is 2.04. The molecule has 7 nitrogen and oxygen atoms in total. The zero-order valence-electron chi connectivity index (χ0n) is 17.0. The molecule has 1 heterocycles. The zero-order chi connectivity index (χ0) is 22.3. The minimum Gasteiger partial charge on any atom is -0.324 e. The molecule has 0 atom stereocenters. The fourth-order valence-electron chi connectivity index (χ4n) is 2.70. The smallest absolute Gasteiger partial charge is 0.269 e. The number of hydrogen-bond acceptors (Lipinski definition) is 7. The number of nitrogens with one attached hydrogen (secondary N) is 3. The number of aromatic nitrogens is 3. The van der Waals surface area contributed by atoms with Crippen molar-refractivity contribution in [3.63, 3.8) is 0 Å². The van der Waals surface area contributed by atoms with Gasteiger partial charge in [0.15, 0.2) is 5.16 Å². The highest BCUT2D eigenvalue weighted by molar-refractivity contribution is 9.10. The number of carbonyl (C=O) groups is 1. The van der Waals surface area contributed by atoms with Crippen LogP contribution in [-0.4, -0.2) is 20.9 Å². The van der Waals surface area contributed by atoms with Crippen LogP contribution in [0, 0.1) is 6.92 Å². The van der Waals surface area contributed by atoms with Crippen molar-refractivity contribution in [2.75, 3.05) is 10.7 Å². The molecule has 0 aliphatic carbocycles. The summed E-state index contributed by atoms with van der Waals surface area (Å²) in [5.74, 6) is 0.279. The van der Waals surface area contributed by atoms with Crippen molar-refractivity contribution in [2.45, 2.75) is 17.0 Å². The number of aryl methyl sites for hydroxylation is 1. The standard InChI is InChI=1S/C23H19BrN6OS/c1-15-10-12-19(13-11-15)32-23-27-21(25-18-9-5-8-17(24)14-18)26-22(28-23)30-29-20(31)16-6-3-2-4-7-16/h2-14H,1H3,(H,29,31)(H2,25,26,27,28,30). The van der Waals surface area contributed by atoms with Gasteiger partial charge in [-0.15, -0.1) is 0 Å². The number of rotatable bonds is 7. The molecule has 0 saturated heterocycles. The number of hydrazine groups is 1. The van der Waals surface area contributed by atoms with Crippen molar-refractivity contribution in [2.24, 2.45) is 0 Å². The summed E-state index contributed by atoms with van der Waals surface area (Å²) in [6.07, 6.45) is 0. The Kier molecular flexibility index (Phi) is 6.98. The molecular formula is C23H19BrN6OS. The maximum Gasteiger partial charge on any atom is 0.269 e. The molecule has 32 heavy (non-hydrogen) atoms. The fourth-order valence-corrected chi connectivity index (χ4v) is 3.84. The number of benzene rings is 3. The second-order valence-corrected chi connectivity index (χ2v) is 8.72. The molecule has 3 aromatic carbocycles. The molecule has 0 fully saturated rings. The lowest BCUT2D eigenvalue weighted by Gasteiger charge is -2.11. The molecule has 1 amide bonds. The molecule has 1 aromatic heterocycles. The van der Waals surface area contributed by atoms with E-state index in [0.29, 0.717) is 16.7 Å². The van der Waals surface area contributed by atoms with E-state index >= 15 is 0 Å². The van der Waals surface area contributed by atoms with E-state index in [1.165, 1.54) is 17.3 Å². The van der Waals surface area contributed by atoms with Gasteiger partial charge in [0.2, 0.25) is 11.9 Å². The predicted molar refractivity (Wildman–Crippen MR) is 130 cm³/mol. The van der Waals surface area contributed by atoms with Crippen LogP contribution in [0.25, 0.3) is 0 Å². The first kappa shape index (κ1) is 21.8. The zero-order valence-corrected chi connectivity index (χ0v) is 19.4. The first-order chi connectivity index (χ1) is 15.5. The molecule has 0 radical (unpaired) electrons. The Morgan fingerprint density at radius 2 is 1.62 bits per heavy atom. The summed E-state index contributed by atoms with van der Waals surface area (Å²) in [7, 11) is 0. The number of carbonyl (C=O) groups excluding carboxylic acids is 1. The van der Waals surface area contributed by atoms with Crippen LogP contribution in [0.2, 0.25) is 0 Å². The highest BCUT2D eigenvalue weighted by atomic mass is 79.9. The third-order valence-electron chi connectivity index (χ3n) is 4.25. The van der Waals surface area contributed by atoms with Gasteiger partial charge in [-0.25, -0.2) is 0 Å². The van der Waals surface area contributed by atoms with Crippen molar-refractivity contribution in [3.05, 3.63) is 94.5 Å². The van der Waals surface area contributed by atoms with Gasteiger partial charge in [-0.2, -0.15) is 15.0 Å². The van der Waals surface area contributed by atoms with Gasteiger partial charge in [0.1, 0.15) is 0 Å². The lowest BCUT2D eigenvalue weighted by Crippen LogP contribution is -2.30. The van der Waals surface area contributed by atoms with E-state index in [1.807, 2.05) is 61.5 Å². The van der Waals surface area contributed by atoms with Crippen LogP contribution < -0.4 is 16.2 Å². The summed E-state index contributed by atoms with van der Waals surface area (Å²) >= 11 is 4.87. The summed E-state index contributed by atoms with van der Waals surface area (Å²) in [6, 6.07) is 24.7. The maximum absolute atomic E-state index is 12.4. The minimum atomic E-state index is -0.291. The predicted octanol–water partition coefficient (Wildman–Crippen LogP) is 5.59. The van der Waals surface area contributed by atoms with E-state index < -0.39 is 0 Å². The molecule has 4 rings (SSSR count). The van der Waals surface area contributed by atoms with Gasteiger partial charge < -0.3 is 5.32 Å². The van der Waals surface area contributed by atoms with Crippen LogP contribution in [-0.2, 0) is 0 Å². The summed E-state index contributed by atoms with van der Waals surface area (Å²) in [4.78, 5) is 26.7. The van der Waals surface area contributed by atoms with E-state index in [9.17, 15) is 4.79 Å². The third kappa shape index (κ3) is 6.05. The van der Waals surface area contributed by atoms with Crippen LogP contribution in [0.4, 0.5) is 17.6 Å². The number of halogens is 1. The third-order valence-corrected chi connectivity index (χ3v) is 5.62. The van der Waals surface area contributed by atoms with E-state index in [2.05, 4.69) is 47.1 Å². The second kappa shape index (κ2) is 10.3. The van der Waals surface area contributed by atoms with E-state index in [1.54, 1.807) is 24.3 Å². The van der Waals surface area contributed by atoms with Crippen LogP contribution in [0.5, 0.6) is 0 Å². The molecule has 0 aliphatic heterocycles. The van der Waals surface area contributed by atoms with Crippen molar-refractivity contribution in [1.29, 1.82) is 0 Å². The number of anilines is 3. The maximum atomic E-state index is 12.4. The highest BCUT2D eigenvalue weighted by Crippen LogP contribution is 2.27. The molecule has 9 heteroatoms. The van der Waals surface area contributed by atoms with Crippen molar-refractivity contribution in [3.8, 4) is 0 Å². The Bertz CT molecular complexity index is 1220. The van der Waals surface area contributed by atoms with E-state index in [4.69, 9.17) is 0 Å². The van der Waals surface area contributed by atoms with Gasteiger partial charge in [-0.1, -0.05) is 57.9 Å². The Hall–Kier alpha value is -3.43. The molecule has 0 spiro atoms. The summed E-state index contributed by atoms with van der Waals surface area (Å²) in [5.41, 5.74) is 7.93. The minimum absolute atomic E-state index is 0.219. The van der Waals surface area contributed by atoms with Gasteiger partial charge in [-0.3, -0.25) is 15.6 Å². The van der Waals surface area contributed by atoms with Gasteiger partial charge >= 0.3 is 0 Å². The summed E-state index contributed by atoms with van der Waals surface area (Å²) < 4.78 is 0.930. The largest absolute Gasteiger partial charge is 0.324 e. The Balaban J connectivity index is 1.57. The number of nitrogens with zero attached hydrogens (tertiary/aromatic N) is 3. The Morgan fingerprint density at radius 3 is 2.38 bits per heavy atom. The second-order valence-electron chi connectivity index (χ2n) is 6.76. The van der Waals surface area contributed by atoms with Gasteiger partial charge in [0.05, 0.1) is 0 Å². The number of amides is 1. The average molecular weight is 507 g/mol. The molecule has 160 valence electrons. The highest BCUT2D eigenvalue weighted by Gasteiger charge is 2.11. The number of hydrogen-bond donors (Lipinski definition) is 3. The molecule has 4 aromatic rings. The normalized spacial score (nSPS) is 10.4. The van der Waals surface area contributed by atoms with Crippen LogP contribution in [0.3, 0.4) is 0 Å². The van der Waals surface area contributed by atoms with Crippen LogP contribution >= 0.6 is 27.7 Å². The first-order valence-electron chi connectivity index (χ1n) is 9.70. The molecule has 0 aliphatic rings. The van der Waals surface area contributed by atoms with Crippen molar-refractivity contribution < 1.29 is 4.79 Å². The van der Waals surface area contributed by atoms with Crippen molar-refractivity contribution >= 4 is 51.2 Å². The van der Waals surface area contributed by atoms with Gasteiger partial charge in [0.25, 0.3) is 5.91 Å². The molecule has 0 bridgehead atoms. The molecule has 0 saturated carbocycles.